The largest absolute Gasteiger partial charge is 0.395 e. The molecular weight excluding hydrogens is 150 g/mol. The number of hydrogen-bond acceptors (Lipinski definition) is 2. The van der Waals surface area contributed by atoms with Gasteiger partial charge in [-0.25, -0.2) is 0 Å². The first-order valence-electron chi connectivity index (χ1n) is 3.85. The second kappa shape index (κ2) is 4.53. The van der Waals surface area contributed by atoms with Gasteiger partial charge in [-0.05, 0) is 18.6 Å². The topological polar surface area (TPSA) is 33.1 Å². The molecule has 1 heterocycles. The second-order valence-corrected chi connectivity index (χ2v) is 2.47. The van der Waals surface area contributed by atoms with Gasteiger partial charge in [0.25, 0.3) is 0 Å². The summed E-state index contributed by atoms with van der Waals surface area (Å²) in [6.07, 6.45) is 4.00. The summed E-state index contributed by atoms with van der Waals surface area (Å²) < 4.78 is 0. The van der Waals surface area contributed by atoms with Crippen LogP contribution >= 0.6 is 0 Å². The number of aliphatic hydroxyl groups is 1. The maximum atomic E-state index is 8.50. The van der Waals surface area contributed by atoms with Gasteiger partial charge in [0.2, 0.25) is 0 Å². The van der Waals surface area contributed by atoms with E-state index in [1.165, 1.54) is 0 Å². The van der Waals surface area contributed by atoms with Crippen molar-refractivity contribution in [1.29, 1.82) is 0 Å². The van der Waals surface area contributed by atoms with Crippen LogP contribution in [0.2, 0.25) is 0 Å². The first-order chi connectivity index (χ1) is 5.84. The molecule has 0 aliphatic heterocycles. The van der Waals surface area contributed by atoms with Crippen LogP contribution in [0.1, 0.15) is 17.5 Å². The third-order valence-corrected chi connectivity index (χ3v) is 1.50. The Bertz CT molecular complexity index is 309. The Morgan fingerprint density at radius 3 is 3.08 bits per heavy atom. The minimum absolute atomic E-state index is 0.117. The molecule has 0 saturated heterocycles. The predicted molar refractivity (Wildman–Crippen MR) is 47.6 cm³/mol. The molecule has 1 aromatic rings. The van der Waals surface area contributed by atoms with Crippen LogP contribution < -0.4 is 0 Å². The zero-order valence-electron chi connectivity index (χ0n) is 7.04. The third-order valence-electron chi connectivity index (χ3n) is 1.50. The molecule has 0 fully saturated rings. The molecule has 2 heteroatoms. The number of rotatable bonds is 1. The average Bonchev–Trinajstić information content (AvgIpc) is 2.09. The predicted octanol–water partition coefficient (Wildman–Crippen LogP) is 1.12. The normalized spacial score (nSPS) is 8.83. The zero-order valence-corrected chi connectivity index (χ0v) is 7.04. The van der Waals surface area contributed by atoms with Gasteiger partial charge in [-0.15, -0.1) is 0 Å². The van der Waals surface area contributed by atoms with Gasteiger partial charge in [0.05, 0.1) is 6.61 Å². The van der Waals surface area contributed by atoms with Crippen molar-refractivity contribution >= 4 is 0 Å². The van der Waals surface area contributed by atoms with Crippen LogP contribution in [0.15, 0.2) is 18.5 Å². The van der Waals surface area contributed by atoms with Gasteiger partial charge >= 0.3 is 0 Å². The minimum atomic E-state index is 0.117. The molecule has 0 unspecified atom stereocenters. The fourth-order valence-corrected chi connectivity index (χ4v) is 0.808. The van der Waals surface area contributed by atoms with E-state index in [4.69, 9.17) is 5.11 Å². The summed E-state index contributed by atoms with van der Waals surface area (Å²) in [5.41, 5.74) is 2.06. The molecule has 0 aliphatic carbocycles. The van der Waals surface area contributed by atoms with Crippen molar-refractivity contribution in [3.8, 4) is 11.8 Å². The van der Waals surface area contributed by atoms with Crippen molar-refractivity contribution in [2.45, 2.75) is 13.3 Å². The Morgan fingerprint density at radius 1 is 1.58 bits per heavy atom. The molecule has 0 atom stereocenters. The van der Waals surface area contributed by atoms with Crippen molar-refractivity contribution in [1.82, 2.24) is 4.98 Å². The lowest BCUT2D eigenvalue weighted by Gasteiger charge is -1.93. The highest BCUT2D eigenvalue weighted by Crippen LogP contribution is 2.01. The summed E-state index contributed by atoms with van der Waals surface area (Å²) in [6.45, 7) is 2.11. The summed E-state index contributed by atoms with van der Waals surface area (Å²) in [4.78, 5) is 3.96. The van der Waals surface area contributed by atoms with Crippen LogP contribution in [0.25, 0.3) is 0 Å². The minimum Gasteiger partial charge on any atom is -0.395 e. The molecule has 12 heavy (non-hydrogen) atoms. The average molecular weight is 161 g/mol. The quantitative estimate of drug-likeness (QED) is 0.626. The molecule has 1 aromatic heterocycles. The lowest BCUT2D eigenvalue weighted by atomic mass is 10.2. The van der Waals surface area contributed by atoms with Gasteiger partial charge in [-0.2, -0.15) is 0 Å². The fraction of sp³-hybridized carbons (Fsp3) is 0.300. The molecule has 1 N–H and O–H groups in total. The molecule has 0 radical (unpaired) electrons. The Morgan fingerprint density at radius 2 is 2.42 bits per heavy atom. The summed E-state index contributed by atoms with van der Waals surface area (Å²) in [6, 6.07) is 1.92. The highest BCUT2D eigenvalue weighted by molar-refractivity contribution is 5.37. The number of aliphatic hydroxyl groups excluding tert-OH is 1. The highest BCUT2D eigenvalue weighted by Gasteiger charge is 1.90. The SMILES string of the molecule is Cc1ccncc1C#CCCO. The van der Waals surface area contributed by atoms with Crippen LogP contribution in [0.3, 0.4) is 0 Å². The number of aromatic nitrogens is 1. The van der Waals surface area contributed by atoms with E-state index < -0.39 is 0 Å². The first-order valence-corrected chi connectivity index (χ1v) is 3.85. The van der Waals surface area contributed by atoms with Crippen molar-refractivity contribution in [2.75, 3.05) is 6.61 Å². The van der Waals surface area contributed by atoms with Crippen LogP contribution in [-0.2, 0) is 0 Å². The van der Waals surface area contributed by atoms with Crippen LogP contribution in [0, 0.1) is 18.8 Å². The number of hydrogen-bond donors (Lipinski definition) is 1. The van der Waals surface area contributed by atoms with E-state index in [-0.39, 0.29) is 6.61 Å². The third kappa shape index (κ3) is 2.37. The number of pyridine rings is 1. The van der Waals surface area contributed by atoms with Gasteiger partial charge in [-0.1, -0.05) is 11.8 Å². The Hall–Kier alpha value is -1.33. The maximum absolute atomic E-state index is 8.50. The van der Waals surface area contributed by atoms with E-state index in [1.54, 1.807) is 12.4 Å². The van der Waals surface area contributed by atoms with Crippen molar-refractivity contribution in [3.05, 3.63) is 29.6 Å². The van der Waals surface area contributed by atoms with E-state index in [0.29, 0.717) is 6.42 Å². The van der Waals surface area contributed by atoms with Crippen molar-refractivity contribution in [3.63, 3.8) is 0 Å². The second-order valence-electron chi connectivity index (χ2n) is 2.47. The molecule has 2 nitrogen and oxygen atoms in total. The van der Waals surface area contributed by atoms with E-state index in [2.05, 4.69) is 16.8 Å². The zero-order chi connectivity index (χ0) is 8.81. The van der Waals surface area contributed by atoms with Crippen molar-refractivity contribution in [2.24, 2.45) is 0 Å². The standard InChI is InChI=1S/C10H11NO/c1-9-5-6-11-8-10(9)4-2-3-7-12/h5-6,8,12H,3,7H2,1H3. The van der Waals surface area contributed by atoms with E-state index in [0.717, 1.165) is 11.1 Å². The van der Waals surface area contributed by atoms with Crippen LogP contribution in [0.5, 0.6) is 0 Å². The number of aryl methyl sites for hydroxylation is 1. The number of nitrogens with zero attached hydrogens (tertiary/aromatic N) is 1. The van der Waals surface area contributed by atoms with Crippen LogP contribution in [-0.4, -0.2) is 16.7 Å². The van der Waals surface area contributed by atoms with E-state index >= 15 is 0 Å². The maximum Gasteiger partial charge on any atom is 0.0540 e. The molecule has 0 saturated carbocycles. The summed E-state index contributed by atoms with van der Waals surface area (Å²) in [5.74, 6) is 5.79. The van der Waals surface area contributed by atoms with Crippen molar-refractivity contribution < 1.29 is 5.11 Å². The molecule has 62 valence electrons. The molecule has 0 bridgehead atoms. The van der Waals surface area contributed by atoms with Gasteiger partial charge in [-0.3, -0.25) is 4.98 Å². The summed E-state index contributed by atoms with van der Waals surface area (Å²) in [5, 5.41) is 8.50. The Balaban J connectivity index is 2.77. The monoisotopic (exact) mass is 161 g/mol. The highest BCUT2D eigenvalue weighted by atomic mass is 16.2. The summed E-state index contributed by atoms with van der Waals surface area (Å²) in [7, 11) is 0. The molecule has 0 amide bonds. The summed E-state index contributed by atoms with van der Waals surface area (Å²) >= 11 is 0. The molecule has 0 aliphatic rings. The van der Waals surface area contributed by atoms with Gasteiger partial charge in [0, 0.05) is 24.4 Å². The fourth-order valence-electron chi connectivity index (χ4n) is 0.808. The molecular formula is C10H11NO. The van der Waals surface area contributed by atoms with E-state index in [9.17, 15) is 0 Å². The first kappa shape index (κ1) is 8.76. The van der Waals surface area contributed by atoms with Gasteiger partial charge in [0.15, 0.2) is 0 Å². The lowest BCUT2D eigenvalue weighted by molar-refractivity contribution is 0.305. The Kier molecular flexibility index (Phi) is 3.31. The van der Waals surface area contributed by atoms with Gasteiger partial charge in [0.1, 0.15) is 0 Å². The molecule has 1 rings (SSSR count). The molecule has 0 spiro atoms. The molecule has 0 aromatic carbocycles. The Labute approximate surface area is 72.3 Å². The smallest absolute Gasteiger partial charge is 0.0540 e. The van der Waals surface area contributed by atoms with E-state index in [1.807, 2.05) is 13.0 Å². The van der Waals surface area contributed by atoms with Gasteiger partial charge < -0.3 is 5.11 Å². The lowest BCUT2D eigenvalue weighted by Crippen LogP contribution is -1.83. The van der Waals surface area contributed by atoms with Crippen LogP contribution in [0.4, 0.5) is 0 Å².